The van der Waals surface area contributed by atoms with Crippen LogP contribution in [-0.2, 0) is 0 Å². The van der Waals surface area contributed by atoms with E-state index in [1.165, 1.54) is 77.3 Å². The summed E-state index contributed by atoms with van der Waals surface area (Å²) in [5.41, 5.74) is 0. The Balaban J connectivity index is 1.62. The van der Waals surface area contributed by atoms with Crippen LogP contribution >= 0.6 is 0 Å². The SMILES string of the molecule is CCC1CNC(C2CCCCC2)CN1C(CC)CC1CC1. The predicted molar refractivity (Wildman–Crippen MR) is 90.6 cm³/mol. The highest BCUT2D eigenvalue weighted by atomic mass is 15.3. The molecule has 3 aliphatic rings. The molecule has 3 fully saturated rings. The standard InChI is InChI=1S/C19H36N2/c1-3-17(12-15-10-11-15)21-14-19(20-13-18(21)4-2)16-8-6-5-7-9-16/h15-20H,3-14H2,1-2H3. The van der Waals surface area contributed by atoms with E-state index >= 15 is 0 Å². The van der Waals surface area contributed by atoms with Gasteiger partial charge >= 0.3 is 0 Å². The number of nitrogens with zero attached hydrogens (tertiary/aromatic N) is 1. The normalized spacial score (nSPS) is 34.0. The summed E-state index contributed by atoms with van der Waals surface area (Å²) in [4.78, 5) is 2.92. The fourth-order valence-electron chi connectivity index (χ4n) is 4.80. The predicted octanol–water partition coefficient (Wildman–Crippen LogP) is 4.20. The smallest absolute Gasteiger partial charge is 0.0224 e. The van der Waals surface area contributed by atoms with Gasteiger partial charge in [-0.15, -0.1) is 0 Å². The van der Waals surface area contributed by atoms with Crippen molar-refractivity contribution in [3.05, 3.63) is 0 Å². The Kier molecular flexibility index (Phi) is 5.61. The van der Waals surface area contributed by atoms with Crippen molar-refractivity contribution in [1.82, 2.24) is 10.2 Å². The van der Waals surface area contributed by atoms with Gasteiger partial charge in [-0.2, -0.15) is 0 Å². The first-order chi connectivity index (χ1) is 10.3. The lowest BCUT2D eigenvalue weighted by atomic mass is 9.82. The summed E-state index contributed by atoms with van der Waals surface area (Å²) >= 11 is 0. The first-order valence-electron chi connectivity index (χ1n) is 9.80. The summed E-state index contributed by atoms with van der Waals surface area (Å²) in [5.74, 6) is 2.02. The van der Waals surface area contributed by atoms with Crippen molar-refractivity contribution in [2.24, 2.45) is 11.8 Å². The number of piperazine rings is 1. The van der Waals surface area contributed by atoms with Gasteiger partial charge in [0.1, 0.15) is 0 Å². The van der Waals surface area contributed by atoms with Gasteiger partial charge in [0.05, 0.1) is 0 Å². The highest BCUT2D eigenvalue weighted by Gasteiger charge is 2.36. The van der Waals surface area contributed by atoms with E-state index < -0.39 is 0 Å². The van der Waals surface area contributed by atoms with Gasteiger partial charge in [0, 0.05) is 31.2 Å². The van der Waals surface area contributed by atoms with Gasteiger partial charge in [-0.25, -0.2) is 0 Å². The van der Waals surface area contributed by atoms with Crippen LogP contribution in [-0.4, -0.2) is 36.1 Å². The van der Waals surface area contributed by atoms with Crippen LogP contribution in [0.1, 0.15) is 78.1 Å². The Hall–Kier alpha value is -0.0800. The fourth-order valence-corrected chi connectivity index (χ4v) is 4.80. The molecule has 1 saturated heterocycles. The second kappa shape index (κ2) is 7.46. The quantitative estimate of drug-likeness (QED) is 0.789. The highest BCUT2D eigenvalue weighted by molar-refractivity contribution is 4.94. The molecule has 0 radical (unpaired) electrons. The average Bonchev–Trinajstić information content (AvgIpc) is 3.37. The van der Waals surface area contributed by atoms with Gasteiger partial charge in [0.25, 0.3) is 0 Å². The van der Waals surface area contributed by atoms with Gasteiger partial charge < -0.3 is 5.32 Å². The van der Waals surface area contributed by atoms with E-state index in [4.69, 9.17) is 0 Å². The molecule has 1 aliphatic heterocycles. The Morgan fingerprint density at radius 3 is 2.43 bits per heavy atom. The highest BCUT2D eigenvalue weighted by Crippen LogP contribution is 2.37. The third-order valence-electron chi connectivity index (χ3n) is 6.42. The lowest BCUT2D eigenvalue weighted by Crippen LogP contribution is -2.61. The van der Waals surface area contributed by atoms with Crippen LogP contribution < -0.4 is 5.32 Å². The van der Waals surface area contributed by atoms with Gasteiger partial charge in [0.15, 0.2) is 0 Å². The van der Waals surface area contributed by atoms with Crippen LogP contribution in [0.4, 0.5) is 0 Å². The molecule has 1 N–H and O–H groups in total. The molecule has 2 saturated carbocycles. The van der Waals surface area contributed by atoms with Crippen molar-refractivity contribution in [2.45, 2.75) is 96.2 Å². The molecule has 3 unspecified atom stereocenters. The monoisotopic (exact) mass is 292 g/mol. The van der Waals surface area contributed by atoms with Crippen molar-refractivity contribution >= 4 is 0 Å². The fraction of sp³-hybridized carbons (Fsp3) is 1.00. The first kappa shape index (κ1) is 15.8. The summed E-state index contributed by atoms with van der Waals surface area (Å²) in [6, 6.07) is 2.42. The summed E-state index contributed by atoms with van der Waals surface area (Å²) in [5, 5.41) is 3.93. The van der Waals surface area contributed by atoms with Crippen LogP contribution in [0.5, 0.6) is 0 Å². The number of rotatable bonds is 6. The van der Waals surface area contributed by atoms with Crippen LogP contribution in [0.2, 0.25) is 0 Å². The van der Waals surface area contributed by atoms with Crippen molar-refractivity contribution < 1.29 is 0 Å². The number of hydrogen-bond donors (Lipinski definition) is 1. The minimum Gasteiger partial charge on any atom is -0.311 e. The molecule has 21 heavy (non-hydrogen) atoms. The van der Waals surface area contributed by atoms with Gasteiger partial charge in [-0.1, -0.05) is 46.0 Å². The first-order valence-corrected chi connectivity index (χ1v) is 9.80. The topological polar surface area (TPSA) is 15.3 Å². The molecule has 0 aromatic heterocycles. The third kappa shape index (κ3) is 4.01. The number of nitrogens with one attached hydrogen (secondary N) is 1. The van der Waals surface area contributed by atoms with Crippen LogP contribution in [0.15, 0.2) is 0 Å². The van der Waals surface area contributed by atoms with Gasteiger partial charge in [-0.3, -0.25) is 4.90 Å². The minimum absolute atomic E-state index is 0.779. The van der Waals surface area contributed by atoms with E-state index in [9.17, 15) is 0 Å². The van der Waals surface area contributed by atoms with Crippen LogP contribution in [0, 0.1) is 11.8 Å². The lowest BCUT2D eigenvalue weighted by Gasteiger charge is -2.47. The molecule has 2 heteroatoms. The molecular weight excluding hydrogens is 256 g/mol. The zero-order valence-corrected chi connectivity index (χ0v) is 14.3. The summed E-state index contributed by atoms with van der Waals surface area (Å²) < 4.78 is 0. The van der Waals surface area contributed by atoms with Crippen molar-refractivity contribution in [2.75, 3.05) is 13.1 Å². The molecule has 2 nitrogen and oxygen atoms in total. The zero-order chi connectivity index (χ0) is 14.7. The van der Waals surface area contributed by atoms with E-state index in [1.807, 2.05) is 0 Å². The molecule has 1 heterocycles. The average molecular weight is 293 g/mol. The summed E-state index contributed by atoms with van der Waals surface area (Å²) in [7, 11) is 0. The molecule has 2 aliphatic carbocycles. The van der Waals surface area contributed by atoms with E-state index in [-0.39, 0.29) is 0 Å². The molecular formula is C19H36N2. The summed E-state index contributed by atoms with van der Waals surface area (Å²) in [6.07, 6.45) is 14.5. The molecule has 122 valence electrons. The van der Waals surface area contributed by atoms with E-state index in [0.29, 0.717) is 0 Å². The largest absolute Gasteiger partial charge is 0.311 e. The van der Waals surface area contributed by atoms with E-state index in [2.05, 4.69) is 24.1 Å². The van der Waals surface area contributed by atoms with Crippen molar-refractivity contribution in [3.8, 4) is 0 Å². The lowest BCUT2D eigenvalue weighted by molar-refractivity contribution is 0.0483. The van der Waals surface area contributed by atoms with Crippen LogP contribution in [0.3, 0.4) is 0 Å². The minimum atomic E-state index is 0.779. The molecule has 0 amide bonds. The maximum Gasteiger partial charge on any atom is 0.0224 e. The second-order valence-corrected chi connectivity index (χ2v) is 7.91. The Labute approximate surface area is 132 Å². The molecule has 3 rings (SSSR count). The Bertz CT molecular complexity index is 307. The maximum absolute atomic E-state index is 3.93. The van der Waals surface area contributed by atoms with Gasteiger partial charge in [-0.05, 0) is 43.9 Å². The third-order valence-corrected chi connectivity index (χ3v) is 6.42. The van der Waals surface area contributed by atoms with E-state index in [0.717, 1.165) is 30.0 Å². The molecule has 0 spiro atoms. The van der Waals surface area contributed by atoms with Crippen molar-refractivity contribution in [3.63, 3.8) is 0 Å². The van der Waals surface area contributed by atoms with Crippen molar-refractivity contribution in [1.29, 1.82) is 0 Å². The Morgan fingerprint density at radius 2 is 1.81 bits per heavy atom. The molecule has 0 aromatic rings. The second-order valence-electron chi connectivity index (χ2n) is 7.91. The Morgan fingerprint density at radius 1 is 1.05 bits per heavy atom. The maximum atomic E-state index is 3.93. The molecule has 0 aromatic carbocycles. The zero-order valence-electron chi connectivity index (χ0n) is 14.3. The molecule has 0 bridgehead atoms. The summed E-state index contributed by atoms with van der Waals surface area (Å²) in [6.45, 7) is 7.36. The van der Waals surface area contributed by atoms with Gasteiger partial charge in [0.2, 0.25) is 0 Å². The van der Waals surface area contributed by atoms with E-state index in [1.54, 1.807) is 0 Å². The molecule has 3 atom stereocenters. The van der Waals surface area contributed by atoms with Crippen LogP contribution in [0.25, 0.3) is 0 Å². The number of hydrogen-bond acceptors (Lipinski definition) is 2.